The Morgan fingerprint density at radius 3 is 1.48 bits per heavy atom. The molecule has 58 heavy (non-hydrogen) atoms. The summed E-state index contributed by atoms with van der Waals surface area (Å²) in [5.74, 6) is 4.74. The first-order chi connectivity index (χ1) is 27.4. The smallest absolute Gasteiger partial charge is 0.744 e. The molecule has 0 spiro atoms. The molecule has 0 atom stereocenters. The molecule has 0 saturated heterocycles. The normalized spacial score (nSPS) is 11.1. The van der Waals surface area contributed by atoms with Crippen molar-refractivity contribution in [1.82, 2.24) is 0 Å². The third-order valence-electron chi connectivity index (χ3n) is 8.92. The van der Waals surface area contributed by atoms with Gasteiger partial charge < -0.3 is 23.5 Å². The fraction of sp³-hybridized carbons (Fsp3) is 0.0435. The van der Waals surface area contributed by atoms with Gasteiger partial charge in [-0.1, -0.05) is 53.9 Å². The first kappa shape index (κ1) is 42.4. The largest absolute Gasteiger partial charge is 1.00 e. The zero-order valence-electron chi connectivity index (χ0n) is 31.6. The summed E-state index contributed by atoms with van der Waals surface area (Å²) in [6.45, 7) is 1.93. The van der Waals surface area contributed by atoms with Crippen LogP contribution >= 0.6 is 0 Å². The van der Waals surface area contributed by atoms with Gasteiger partial charge in [-0.3, -0.25) is 0 Å². The van der Waals surface area contributed by atoms with Crippen LogP contribution in [0.15, 0.2) is 172 Å². The summed E-state index contributed by atoms with van der Waals surface area (Å²) in [4.78, 5) is -0.643. The second kappa shape index (κ2) is 18.2. The summed E-state index contributed by atoms with van der Waals surface area (Å²) in [7, 11) is -7.36. The molecule has 284 valence electrons. The van der Waals surface area contributed by atoms with Gasteiger partial charge >= 0.3 is 51.4 Å². The van der Waals surface area contributed by atoms with Crippen molar-refractivity contribution in [2.75, 3.05) is 7.11 Å². The third kappa shape index (κ3) is 9.90. The van der Waals surface area contributed by atoms with Gasteiger partial charge in [-0.15, -0.1) is 6.42 Å². The monoisotopic (exact) mass is 832 g/mol. The number of ether oxygens (including phenoxy) is 4. The van der Waals surface area contributed by atoms with Gasteiger partial charge in [0, 0.05) is 17.2 Å². The maximum atomic E-state index is 13.5. The van der Waals surface area contributed by atoms with Gasteiger partial charge in [0.2, 0.25) is 9.84 Å². The number of methoxy groups -OCH3 is 1. The standard InChI is InChI=1S/C46H34O9S2.K/c1-4-32-6-8-35(9-7-32)43-29-31(2)5-27-44(43)55-40-22-28-45(46(30-40)57(49,50)51)54-39-20-25-42(26-21-39)56(47,48)41-23-18-38(19-24-41)53-37-16-12-34(13-17-37)33-10-14-36(52-3)15-11-33;/h1,5-30H,2-3H3,(H,49,50,51);/q;+1/p-1. The Morgan fingerprint density at radius 2 is 0.966 bits per heavy atom. The molecule has 0 aliphatic carbocycles. The van der Waals surface area contributed by atoms with Crippen molar-refractivity contribution in [3.8, 4) is 74.8 Å². The molecule has 0 unspecified atom stereocenters. The van der Waals surface area contributed by atoms with Crippen LogP contribution in [0.3, 0.4) is 0 Å². The fourth-order valence-electron chi connectivity index (χ4n) is 5.93. The van der Waals surface area contributed by atoms with Crippen LogP contribution in [0.2, 0.25) is 0 Å². The van der Waals surface area contributed by atoms with Gasteiger partial charge in [-0.05, 0) is 133 Å². The van der Waals surface area contributed by atoms with Crippen LogP contribution in [0.4, 0.5) is 0 Å². The van der Waals surface area contributed by atoms with E-state index in [0.29, 0.717) is 22.8 Å². The van der Waals surface area contributed by atoms with Crippen molar-refractivity contribution in [3.63, 3.8) is 0 Å². The van der Waals surface area contributed by atoms with Crippen molar-refractivity contribution in [2.24, 2.45) is 0 Å². The van der Waals surface area contributed by atoms with E-state index in [9.17, 15) is 21.4 Å². The van der Waals surface area contributed by atoms with Crippen LogP contribution < -0.4 is 70.3 Å². The Kier molecular flexibility index (Phi) is 13.3. The summed E-state index contributed by atoms with van der Waals surface area (Å²) in [5.41, 5.74) is 5.26. The molecule has 9 nitrogen and oxygen atoms in total. The molecule has 0 amide bonds. The van der Waals surface area contributed by atoms with E-state index < -0.39 is 24.9 Å². The first-order valence-electron chi connectivity index (χ1n) is 17.4. The molecule has 7 aromatic carbocycles. The van der Waals surface area contributed by atoms with Gasteiger partial charge in [0.15, 0.2) is 0 Å². The Morgan fingerprint density at radius 1 is 0.517 bits per heavy atom. The van der Waals surface area contributed by atoms with Gasteiger partial charge in [0.1, 0.15) is 55.3 Å². The van der Waals surface area contributed by atoms with Crippen LogP contribution in [0.25, 0.3) is 22.3 Å². The Bertz CT molecular complexity index is 2820. The molecule has 0 fully saturated rings. The predicted molar refractivity (Wildman–Crippen MR) is 216 cm³/mol. The average molecular weight is 833 g/mol. The Labute approximate surface area is 380 Å². The minimum atomic E-state index is -5.04. The zero-order chi connectivity index (χ0) is 40.2. The van der Waals surface area contributed by atoms with Crippen LogP contribution in [0.1, 0.15) is 11.1 Å². The molecule has 0 aliphatic heterocycles. The SMILES string of the molecule is C#Cc1ccc(-c2cc(C)ccc2Oc2ccc(Oc3ccc(S(=O)(=O)c4ccc(Oc5ccc(-c6ccc(OC)cc6)cc5)cc4)cc3)c(S(=O)(=O)[O-])c2)cc1.[K+]. The van der Waals surface area contributed by atoms with E-state index in [1.54, 1.807) is 37.4 Å². The third-order valence-corrected chi connectivity index (χ3v) is 11.6. The summed E-state index contributed by atoms with van der Waals surface area (Å²) >= 11 is 0. The van der Waals surface area contributed by atoms with Crippen molar-refractivity contribution >= 4 is 20.0 Å². The molecule has 0 heterocycles. The number of terminal acetylenes is 1. The van der Waals surface area contributed by atoms with E-state index in [1.807, 2.05) is 79.7 Å². The summed E-state index contributed by atoms with van der Waals surface area (Å²) < 4.78 is 87.2. The summed E-state index contributed by atoms with van der Waals surface area (Å²) in [6.07, 6.45) is 5.50. The zero-order valence-corrected chi connectivity index (χ0v) is 36.3. The predicted octanol–water partition coefficient (Wildman–Crippen LogP) is 7.44. The molecule has 0 radical (unpaired) electrons. The second-order valence-electron chi connectivity index (χ2n) is 12.8. The number of rotatable bonds is 12. The molecule has 0 saturated carbocycles. The molecule has 12 heteroatoms. The summed E-state index contributed by atoms with van der Waals surface area (Å²) in [6, 6.07) is 43.3. The maximum Gasteiger partial charge on any atom is 1.00 e. The average Bonchev–Trinajstić information content (AvgIpc) is 3.22. The van der Waals surface area contributed by atoms with E-state index >= 15 is 0 Å². The van der Waals surface area contributed by atoms with Gasteiger partial charge in [0.05, 0.1) is 16.9 Å². The Balaban J connectivity index is 0.00000567. The van der Waals surface area contributed by atoms with E-state index in [0.717, 1.165) is 39.6 Å². The van der Waals surface area contributed by atoms with Crippen molar-refractivity contribution in [2.45, 2.75) is 21.6 Å². The van der Waals surface area contributed by atoms with Gasteiger partial charge in [0.25, 0.3) is 0 Å². The van der Waals surface area contributed by atoms with Crippen LogP contribution in [0.5, 0.6) is 40.2 Å². The fourth-order valence-corrected chi connectivity index (χ4v) is 7.81. The number of aryl methyl sites for hydroxylation is 1. The van der Waals surface area contributed by atoms with Crippen molar-refractivity contribution in [3.05, 3.63) is 169 Å². The Hall–Kier alpha value is -5.20. The number of hydrogen-bond acceptors (Lipinski definition) is 9. The van der Waals surface area contributed by atoms with E-state index in [4.69, 9.17) is 25.4 Å². The maximum absolute atomic E-state index is 13.5. The second-order valence-corrected chi connectivity index (χ2v) is 16.1. The molecule has 0 N–H and O–H groups in total. The molecular formula is C46H33KO9S2. The molecule has 0 bridgehead atoms. The quantitative estimate of drug-likeness (QED) is 0.0702. The van der Waals surface area contributed by atoms with Crippen molar-refractivity contribution < 1.29 is 91.7 Å². The van der Waals surface area contributed by atoms with Crippen LogP contribution in [-0.4, -0.2) is 28.5 Å². The van der Waals surface area contributed by atoms with Crippen molar-refractivity contribution in [1.29, 1.82) is 0 Å². The molecule has 7 aromatic rings. The van der Waals surface area contributed by atoms with E-state index in [2.05, 4.69) is 5.92 Å². The topological polar surface area (TPSA) is 128 Å². The molecule has 7 rings (SSSR count). The molecule has 0 aliphatic rings. The van der Waals surface area contributed by atoms with E-state index in [1.165, 1.54) is 48.5 Å². The molecular weight excluding hydrogens is 800 g/mol. The number of benzene rings is 7. The molecule has 0 aromatic heterocycles. The minimum absolute atomic E-state index is 0. The van der Waals surface area contributed by atoms with E-state index in [-0.39, 0.29) is 78.4 Å². The van der Waals surface area contributed by atoms with Crippen LogP contribution in [-0.2, 0) is 20.0 Å². The van der Waals surface area contributed by atoms with Gasteiger partial charge in [-0.2, -0.15) is 0 Å². The number of hydrogen-bond donors (Lipinski definition) is 0. The number of sulfone groups is 1. The van der Waals surface area contributed by atoms with Gasteiger partial charge in [-0.25, -0.2) is 16.8 Å². The van der Waals surface area contributed by atoms with Crippen LogP contribution in [0, 0.1) is 19.3 Å². The first-order valence-corrected chi connectivity index (χ1v) is 20.3. The summed E-state index contributed by atoms with van der Waals surface area (Å²) in [5, 5.41) is 0. The minimum Gasteiger partial charge on any atom is -0.744 e.